The number of likely N-dealkylation sites (N-methyl/N-ethyl adjacent to an activating group) is 1. The molecular formula is C15H19F3N2O3. The second-order valence-electron chi connectivity index (χ2n) is 5.26. The number of nitrogens with zero attached hydrogens (tertiary/aromatic N) is 1. The van der Waals surface area contributed by atoms with Crippen LogP contribution in [0, 0.1) is 0 Å². The zero-order valence-corrected chi connectivity index (χ0v) is 12.9. The second-order valence-corrected chi connectivity index (χ2v) is 5.26. The lowest BCUT2D eigenvalue weighted by Crippen LogP contribution is -2.37. The van der Waals surface area contributed by atoms with E-state index in [1.165, 1.54) is 19.2 Å². The van der Waals surface area contributed by atoms with Gasteiger partial charge in [0.1, 0.15) is 11.5 Å². The van der Waals surface area contributed by atoms with E-state index in [9.17, 15) is 18.0 Å². The third kappa shape index (κ3) is 4.75. The Hall–Kier alpha value is -1.96. The van der Waals surface area contributed by atoms with Crippen LogP contribution in [-0.4, -0.2) is 50.0 Å². The van der Waals surface area contributed by atoms with E-state index >= 15 is 0 Å². The number of halogens is 3. The molecule has 8 heteroatoms. The number of hydrogen-bond donors (Lipinski definition) is 1. The summed E-state index contributed by atoms with van der Waals surface area (Å²) in [6.45, 7) is 4.42. The number of carbonyl (C=O) groups excluding carboxylic acids is 1. The van der Waals surface area contributed by atoms with Crippen LogP contribution < -0.4 is 14.8 Å². The number of ether oxygens (including phenoxy) is 2. The highest BCUT2D eigenvalue weighted by atomic mass is 19.4. The Balaban J connectivity index is 2.16. The molecule has 0 saturated carbocycles. The van der Waals surface area contributed by atoms with Crippen LogP contribution in [0.3, 0.4) is 0 Å². The summed E-state index contributed by atoms with van der Waals surface area (Å²) in [6.07, 6.45) is -4.10. The average Bonchev–Trinajstić information content (AvgIpc) is 2.93. The van der Waals surface area contributed by atoms with Gasteiger partial charge in [-0.3, -0.25) is 4.79 Å². The van der Waals surface area contributed by atoms with Crippen molar-refractivity contribution >= 4 is 5.91 Å². The molecule has 1 heterocycles. The fraction of sp³-hybridized carbons (Fsp3) is 0.533. The van der Waals surface area contributed by atoms with Crippen molar-refractivity contribution in [3.63, 3.8) is 0 Å². The van der Waals surface area contributed by atoms with Gasteiger partial charge in [0.15, 0.2) is 0 Å². The number of nitrogens with one attached hydrogen (secondary N) is 1. The van der Waals surface area contributed by atoms with E-state index in [4.69, 9.17) is 4.74 Å². The fourth-order valence-corrected chi connectivity index (χ4v) is 2.53. The maximum absolute atomic E-state index is 12.5. The van der Waals surface area contributed by atoms with Gasteiger partial charge in [-0.2, -0.15) is 0 Å². The molecule has 5 nitrogen and oxygen atoms in total. The number of rotatable bonds is 5. The standard InChI is InChI=1S/C15H19F3N2O3/c1-3-20-7-6-10(9-20)19-14(21)12-8-11(22-2)4-5-13(12)23-15(16,17)18/h4-5,8,10H,3,6-7,9H2,1-2H3,(H,19,21). The van der Waals surface area contributed by atoms with Gasteiger partial charge in [0.2, 0.25) is 0 Å². The minimum Gasteiger partial charge on any atom is -0.497 e. The molecule has 1 saturated heterocycles. The molecule has 1 aliphatic rings. The Morgan fingerprint density at radius 3 is 2.74 bits per heavy atom. The number of likely N-dealkylation sites (tertiary alicyclic amines) is 1. The third-order valence-electron chi connectivity index (χ3n) is 3.71. The summed E-state index contributed by atoms with van der Waals surface area (Å²) < 4.78 is 46.3. The Morgan fingerprint density at radius 2 is 2.17 bits per heavy atom. The van der Waals surface area contributed by atoms with Gasteiger partial charge < -0.3 is 19.7 Å². The van der Waals surface area contributed by atoms with Crippen molar-refractivity contribution in [1.29, 1.82) is 0 Å². The Bertz CT molecular complexity index is 563. The van der Waals surface area contributed by atoms with E-state index < -0.39 is 18.0 Å². The van der Waals surface area contributed by atoms with Crippen LogP contribution in [0.4, 0.5) is 13.2 Å². The Kier molecular flexibility index (Phi) is 5.35. The number of hydrogen-bond acceptors (Lipinski definition) is 4. The summed E-state index contributed by atoms with van der Waals surface area (Å²) in [5.41, 5.74) is -0.198. The van der Waals surface area contributed by atoms with Crippen molar-refractivity contribution in [2.24, 2.45) is 0 Å². The zero-order valence-electron chi connectivity index (χ0n) is 12.9. The molecular weight excluding hydrogens is 313 g/mol. The molecule has 1 unspecified atom stereocenters. The topological polar surface area (TPSA) is 50.8 Å². The second kappa shape index (κ2) is 7.08. The molecule has 2 rings (SSSR count). The van der Waals surface area contributed by atoms with E-state index in [0.717, 1.165) is 25.6 Å². The summed E-state index contributed by atoms with van der Waals surface area (Å²) >= 11 is 0. The number of amides is 1. The van der Waals surface area contributed by atoms with E-state index in [1.807, 2.05) is 6.92 Å². The predicted molar refractivity (Wildman–Crippen MR) is 77.7 cm³/mol. The van der Waals surface area contributed by atoms with Crippen molar-refractivity contribution < 1.29 is 27.4 Å². The fourth-order valence-electron chi connectivity index (χ4n) is 2.53. The molecule has 0 aromatic heterocycles. The molecule has 1 aromatic rings. The van der Waals surface area contributed by atoms with Crippen LogP contribution in [-0.2, 0) is 0 Å². The molecule has 0 aliphatic carbocycles. The van der Waals surface area contributed by atoms with E-state index in [0.29, 0.717) is 6.54 Å². The highest BCUT2D eigenvalue weighted by Crippen LogP contribution is 2.29. The number of methoxy groups -OCH3 is 1. The van der Waals surface area contributed by atoms with Gasteiger partial charge in [-0.05, 0) is 31.2 Å². The van der Waals surface area contributed by atoms with Crippen LogP contribution in [0.15, 0.2) is 18.2 Å². The van der Waals surface area contributed by atoms with Gasteiger partial charge in [0.05, 0.1) is 12.7 Å². The van der Waals surface area contributed by atoms with Crippen LogP contribution in [0.1, 0.15) is 23.7 Å². The van der Waals surface area contributed by atoms with Crippen molar-refractivity contribution in [2.45, 2.75) is 25.7 Å². The maximum Gasteiger partial charge on any atom is 0.573 e. The SMILES string of the molecule is CCN1CCC(NC(=O)c2cc(OC)ccc2OC(F)(F)F)C1. The van der Waals surface area contributed by atoms with Crippen molar-refractivity contribution in [2.75, 3.05) is 26.7 Å². The van der Waals surface area contributed by atoms with E-state index in [1.54, 1.807) is 0 Å². The van der Waals surface area contributed by atoms with E-state index in [2.05, 4.69) is 15.0 Å². The molecule has 1 aliphatic heterocycles. The summed E-state index contributed by atoms with van der Waals surface area (Å²) in [7, 11) is 1.37. The highest BCUT2D eigenvalue weighted by Gasteiger charge is 2.33. The smallest absolute Gasteiger partial charge is 0.497 e. The number of benzene rings is 1. The average molecular weight is 332 g/mol. The molecule has 0 radical (unpaired) electrons. The lowest BCUT2D eigenvalue weighted by Gasteiger charge is -2.17. The summed E-state index contributed by atoms with van der Waals surface area (Å²) in [6, 6.07) is 3.54. The quantitative estimate of drug-likeness (QED) is 0.900. The van der Waals surface area contributed by atoms with Gasteiger partial charge in [0.25, 0.3) is 5.91 Å². The van der Waals surface area contributed by atoms with Gasteiger partial charge in [-0.15, -0.1) is 13.2 Å². The van der Waals surface area contributed by atoms with Crippen LogP contribution >= 0.6 is 0 Å². The van der Waals surface area contributed by atoms with Crippen molar-refractivity contribution in [1.82, 2.24) is 10.2 Å². The third-order valence-corrected chi connectivity index (χ3v) is 3.71. The Morgan fingerprint density at radius 1 is 1.43 bits per heavy atom. The zero-order chi connectivity index (χ0) is 17.0. The van der Waals surface area contributed by atoms with Crippen LogP contribution in [0.5, 0.6) is 11.5 Å². The van der Waals surface area contributed by atoms with Gasteiger partial charge in [0, 0.05) is 19.1 Å². The molecule has 23 heavy (non-hydrogen) atoms. The highest BCUT2D eigenvalue weighted by molar-refractivity contribution is 5.97. The molecule has 1 fully saturated rings. The lowest BCUT2D eigenvalue weighted by atomic mass is 10.1. The first-order chi connectivity index (χ1) is 10.8. The predicted octanol–water partition coefficient (Wildman–Crippen LogP) is 2.42. The molecule has 1 aromatic carbocycles. The monoisotopic (exact) mass is 332 g/mol. The number of alkyl halides is 3. The molecule has 1 amide bonds. The molecule has 0 bridgehead atoms. The van der Waals surface area contributed by atoms with Gasteiger partial charge >= 0.3 is 6.36 Å². The van der Waals surface area contributed by atoms with Crippen molar-refractivity contribution in [3.8, 4) is 11.5 Å². The molecule has 0 spiro atoms. The lowest BCUT2D eigenvalue weighted by molar-refractivity contribution is -0.274. The first kappa shape index (κ1) is 17.4. The van der Waals surface area contributed by atoms with Gasteiger partial charge in [-0.25, -0.2) is 0 Å². The summed E-state index contributed by atoms with van der Waals surface area (Å²) in [5, 5.41) is 2.75. The maximum atomic E-state index is 12.5. The van der Waals surface area contributed by atoms with Crippen LogP contribution in [0.2, 0.25) is 0 Å². The van der Waals surface area contributed by atoms with Crippen molar-refractivity contribution in [3.05, 3.63) is 23.8 Å². The normalized spacial score (nSPS) is 18.7. The van der Waals surface area contributed by atoms with Crippen LogP contribution in [0.25, 0.3) is 0 Å². The first-order valence-electron chi connectivity index (χ1n) is 7.29. The van der Waals surface area contributed by atoms with E-state index in [-0.39, 0.29) is 17.4 Å². The summed E-state index contributed by atoms with van der Waals surface area (Å²) in [4.78, 5) is 14.5. The Labute approximate surface area is 132 Å². The minimum absolute atomic E-state index is 0.0904. The molecule has 1 N–H and O–H groups in total. The molecule has 128 valence electrons. The number of carbonyl (C=O) groups is 1. The molecule has 1 atom stereocenters. The largest absolute Gasteiger partial charge is 0.573 e. The van der Waals surface area contributed by atoms with Gasteiger partial charge in [-0.1, -0.05) is 6.92 Å². The minimum atomic E-state index is -4.87. The first-order valence-corrected chi connectivity index (χ1v) is 7.29. The summed E-state index contributed by atoms with van der Waals surface area (Å²) in [5.74, 6) is -0.862.